The number of anilines is 1. The van der Waals surface area contributed by atoms with E-state index in [2.05, 4.69) is 10.4 Å². The topological polar surface area (TPSA) is 70.4 Å². The van der Waals surface area contributed by atoms with Crippen LogP contribution in [-0.2, 0) is 13.0 Å². The Morgan fingerprint density at radius 1 is 1.19 bits per heavy atom. The Balaban J connectivity index is 1.48. The molecule has 0 aliphatic heterocycles. The van der Waals surface area contributed by atoms with E-state index < -0.39 is 6.09 Å². The highest BCUT2D eigenvalue weighted by Crippen LogP contribution is 2.27. The van der Waals surface area contributed by atoms with Crippen molar-refractivity contribution < 1.29 is 14.3 Å². The van der Waals surface area contributed by atoms with E-state index in [1.165, 1.54) is 11.1 Å². The second kappa shape index (κ2) is 9.51. The third-order valence-corrected chi connectivity index (χ3v) is 5.47. The lowest BCUT2D eigenvalue weighted by atomic mass is 10.1. The van der Waals surface area contributed by atoms with Crippen molar-refractivity contribution in [1.29, 1.82) is 0 Å². The van der Waals surface area contributed by atoms with Gasteiger partial charge in [0.15, 0.2) is 0 Å². The normalized spacial score (nSPS) is 10.9. The zero-order valence-corrected chi connectivity index (χ0v) is 17.8. The first kappa shape index (κ1) is 21.4. The highest BCUT2D eigenvalue weighted by atomic mass is 19.1. The van der Waals surface area contributed by atoms with Gasteiger partial charge in [0.25, 0.3) is 0 Å². The number of carbonyl (C=O) groups is 1. The number of aromatic nitrogens is 2. The average Bonchev–Trinajstić information content (AvgIpc) is 3.11. The van der Waals surface area contributed by atoms with Crippen LogP contribution in [0.3, 0.4) is 0 Å². The average molecular weight is 432 g/mol. The number of hydrogen-bond donors (Lipinski definition) is 2. The third kappa shape index (κ3) is 4.72. The lowest BCUT2D eigenvalue weighted by Gasteiger charge is -2.20. The number of aryl methyl sites for hydroxylation is 2. The second-order valence-electron chi connectivity index (χ2n) is 7.72. The van der Waals surface area contributed by atoms with E-state index in [0.29, 0.717) is 24.2 Å². The lowest BCUT2D eigenvalue weighted by Crippen LogP contribution is -2.28. The Labute approximate surface area is 185 Å². The number of nitrogens with one attached hydrogen (secondary N) is 1. The number of carboxylic acid groups (broad SMARTS) is 1. The van der Waals surface area contributed by atoms with Crippen molar-refractivity contribution in [3.63, 3.8) is 0 Å². The molecule has 0 saturated carbocycles. The van der Waals surface area contributed by atoms with Crippen LogP contribution in [0, 0.1) is 12.7 Å². The van der Waals surface area contributed by atoms with Crippen LogP contribution in [0.25, 0.3) is 10.9 Å². The molecule has 6 nitrogen and oxygen atoms in total. The largest absolute Gasteiger partial charge is 0.465 e. The van der Waals surface area contributed by atoms with Gasteiger partial charge in [-0.05, 0) is 60.7 Å². The number of pyridine rings is 1. The molecule has 1 amide bonds. The second-order valence-corrected chi connectivity index (χ2v) is 7.72. The Kier molecular flexibility index (Phi) is 6.35. The molecule has 0 saturated heterocycles. The van der Waals surface area contributed by atoms with Gasteiger partial charge in [-0.1, -0.05) is 30.3 Å². The zero-order chi connectivity index (χ0) is 22.5. The summed E-state index contributed by atoms with van der Waals surface area (Å²) in [5.74, 6) is -0.277. The maximum absolute atomic E-state index is 13.7. The molecule has 2 N–H and O–H groups in total. The molecular formula is C25H25FN4O2. The van der Waals surface area contributed by atoms with Gasteiger partial charge in [-0.3, -0.25) is 14.6 Å². The van der Waals surface area contributed by atoms with Crippen LogP contribution in [0.2, 0.25) is 0 Å². The predicted molar refractivity (Wildman–Crippen MR) is 124 cm³/mol. The summed E-state index contributed by atoms with van der Waals surface area (Å²) < 4.78 is 15.7. The molecule has 7 heteroatoms. The van der Waals surface area contributed by atoms with Gasteiger partial charge in [0.05, 0.1) is 18.3 Å². The van der Waals surface area contributed by atoms with Crippen LogP contribution in [0.15, 0.2) is 73.2 Å². The summed E-state index contributed by atoms with van der Waals surface area (Å²) in [6.45, 7) is 2.95. The molecule has 0 atom stereocenters. The molecule has 0 radical (unpaired) electrons. The molecule has 0 spiro atoms. The Hall–Kier alpha value is -3.87. The van der Waals surface area contributed by atoms with Crippen LogP contribution >= 0.6 is 0 Å². The van der Waals surface area contributed by atoms with Crippen molar-refractivity contribution in [3.05, 3.63) is 95.7 Å². The summed E-state index contributed by atoms with van der Waals surface area (Å²) in [5, 5.41) is 10.8. The molecule has 0 aliphatic rings. The number of rotatable bonds is 8. The minimum atomic E-state index is -0.994. The standard InChI is InChI=1S/C25H25FN4O2/c1-18-16-30(28-12-5-8-20-11-13-27-15-23(20)26)24-10-9-21(14-22(18)24)29(25(31)32)17-19-6-3-2-4-7-19/h2-4,6-7,9-11,13-16,28H,5,8,12,17H2,1H3,(H,31,32). The van der Waals surface area contributed by atoms with E-state index in [-0.39, 0.29) is 12.4 Å². The summed E-state index contributed by atoms with van der Waals surface area (Å²) in [7, 11) is 0. The van der Waals surface area contributed by atoms with Crippen LogP contribution in [0.1, 0.15) is 23.1 Å². The van der Waals surface area contributed by atoms with E-state index in [0.717, 1.165) is 28.5 Å². The molecule has 4 aromatic rings. The Morgan fingerprint density at radius 2 is 2.00 bits per heavy atom. The summed E-state index contributed by atoms with van der Waals surface area (Å²) in [4.78, 5) is 17.0. The third-order valence-electron chi connectivity index (χ3n) is 5.47. The van der Waals surface area contributed by atoms with E-state index in [1.54, 1.807) is 12.3 Å². The molecule has 164 valence electrons. The van der Waals surface area contributed by atoms with Crippen LogP contribution in [-0.4, -0.2) is 27.4 Å². The molecule has 0 aliphatic carbocycles. The predicted octanol–water partition coefficient (Wildman–Crippen LogP) is 5.34. The van der Waals surface area contributed by atoms with E-state index in [1.807, 2.05) is 66.3 Å². The maximum atomic E-state index is 13.7. The number of amides is 1. The molecule has 0 fully saturated rings. The molecule has 0 unspecified atom stereocenters. The lowest BCUT2D eigenvalue weighted by molar-refractivity contribution is 0.201. The van der Waals surface area contributed by atoms with Gasteiger partial charge in [-0.2, -0.15) is 0 Å². The summed E-state index contributed by atoms with van der Waals surface area (Å²) in [6, 6.07) is 16.9. The summed E-state index contributed by atoms with van der Waals surface area (Å²) in [6.07, 6.45) is 5.22. The van der Waals surface area contributed by atoms with Gasteiger partial charge in [-0.15, -0.1) is 0 Å². The van der Waals surface area contributed by atoms with E-state index >= 15 is 0 Å². The van der Waals surface area contributed by atoms with Gasteiger partial charge in [0.1, 0.15) is 5.82 Å². The Morgan fingerprint density at radius 3 is 2.75 bits per heavy atom. The molecule has 0 bridgehead atoms. The fourth-order valence-electron chi connectivity index (χ4n) is 3.80. The SMILES string of the molecule is Cc1cn(NCCCc2ccncc2F)c2ccc(N(Cc3ccccc3)C(=O)O)cc12. The highest BCUT2D eigenvalue weighted by molar-refractivity contribution is 5.92. The first-order chi connectivity index (χ1) is 15.5. The number of hydrogen-bond acceptors (Lipinski definition) is 3. The van der Waals surface area contributed by atoms with Crippen molar-refractivity contribution in [3.8, 4) is 0 Å². The van der Waals surface area contributed by atoms with Crippen molar-refractivity contribution in [2.75, 3.05) is 16.9 Å². The first-order valence-corrected chi connectivity index (χ1v) is 10.5. The number of halogens is 1. The molecular weight excluding hydrogens is 407 g/mol. The number of benzene rings is 2. The van der Waals surface area contributed by atoms with Gasteiger partial charge in [-0.25, -0.2) is 9.18 Å². The maximum Gasteiger partial charge on any atom is 0.412 e. The fourth-order valence-corrected chi connectivity index (χ4v) is 3.80. The highest BCUT2D eigenvalue weighted by Gasteiger charge is 2.17. The first-order valence-electron chi connectivity index (χ1n) is 10.5. The van der Waals surface area contributed by atoms with Gasteiger partial charge >= 0.3 is 6.09 Å². The van der Waals surface area contributed by atoms with Crippen LogP contribution < -0.4 is 10.3 Å². The number of fused-ring (bicyclic) bond motifs is 1. The monoisotopic (exact) mass is 432 g/mol. The van der Waals surface area contributed by atoms with Crippen molar-refractivity contribution >= 4 is 22.7 Å². The van der Waals surface area contributed by atoms with Crippen LogP contribution in [0.5, 0.6) is 0 Å². The molecule has 4 rings (SSSR count). The van der Waals surface area contributed by atoms with Gasteiger partial charge in [0, 0.05) is 30.0 Å². The molecule has 2 heterocycles. The van der Waals surface area contributed by atoms with Crippen LogP contribution in [0.4, 0.5) is 14.9 Å². The molecule has 32 heavy (non-hydrogen) atoms. The fraction of sp³-hybridized carbons (Fsp3) is 0.200. The van der Waals surface area contributed by atoms with Crippen molar-refractivity contribution in [2.45, 2.75) is 26.3 Å². The van der Waals surface area contributed by atoms with Crippen molar-refractivity contribution in [2.24, 2.45) is 0 Å². The quantitative estimate of drug-likeness (QED) is 0.369. The van der Waals surface area contributed by atoms with Gasteiger partial charge < -0.3 is 10.5 Å². The summed E-state index contributed by atoms with van der Waals surface area (Å²) >= 11 is 0. The van der Waals surface area contributed by atoms with E-state index in [4.69, 9.17) is 0 Å². The van der Waals surface area contributed by atoms with Crippen molar-refractivity contribution in [1.82, 2.24) is 9.66 Å². The van der Waals surface area contributed by atoms with Gasteiger partial charge in [0.2, 0.25) is 0 Å². The Bertz CT molecular complexity index is 1220. The zero-order valence-electron chi connectivity index (χ0n) is 17.8. The molecule has 2 aromatic heterocycles. The smallest absolute Gasteiger partial charge is 0.412 e. The summed E-state index contributed by atoms with van der Waals surface area (Å²) in [5.41, 5.74) is 7.58. The molecule has 2 aromatic carbocycles. The minimum Gasteiger partial charge on any atom is -0.465 e. The minimum absolute atomic E-state index is 0.277. The number of nitrogens with zero attached hydrogens (tertiary/aromatic N) is 3. The van der Waals surface area contributed by atoms with E-state index in [9.17, 15) is 14.3 Å².